The van der Waals surface area contributed by atoms with Crippen molar-refractivity contribution in [3.8, 4) is 0 Å². The Labute approximate surface area is 129 Å². The van der Waals surface area contributed by atoms with E-state index < -0.39 is 6.04 Å². The quantitative estimate of drug-likeness (QED) is 0.862. The van der Waals surface area contributed by atoms with Gasteiger partial charge >= 0.3 is 0 Å². The molecule has 2 aliphatic rings. The summed E-state index contributed by atoms with van der Waals surface area (Å²) in [6.07, 6.45) is 1.98. The lowest BCUT2D eigenvalue weighted by atomic mass is 9.99. The molecule has 1 atom stereocenters. The Morgan fingerprint density at radius 3 is 2.73 bits per heavy atom. The summed E-state index contributed by atoms with van der Waals surface area (Å²) in [7, 11) is 0. The largest absolute Gasteiger partial charge is 0.299 e. The fraction of sp³-hybridized carbons (Fsp3) is 0.471. The van der Waals surface area contributed by atoms with Gasteiger partial charge in [0.25, 0.3) is 0 Å². The van der Waals surface area contributed by atoms with Crippen LogP contribution in [0.1, 0.15) is 37.8 Å². The van der Waals surface area contributed by atoms with Gasteiger partial charge in [-0.3, -0.25) is 24.6 Å². The second-order valence-electron chi connectivity index (χ2n) is 6.47. The molecule has 0 aromatic heterocycles. The van der Waals surface area contributed by atoms with Crippen LogP contribution < -0.4 is 10.2 Å². The third-order valence-electron chi connectivity index (χ3n) is 4.18. The Bertz CT molecular complexity index is 651. The van der Waals surface area contributed by atoms with E-state index in [4.69, 9.17) is 0 Å². The fourth-order valence-corrected chi connectivity index (χ4v) is 3.27. The Kier molecular flexibility index (Phi) is 3.72. The minimum atomic E-state index is -0.567. The first-order valence-corrected chi connectivity index (χ1v) is 7.73. The minimum Gasteiger partial charge on any atom is -0.299 e. The van der Waals surface area contributed by atoms with Crippen LogP contribution in [-0.2, 0) is 27.2 Å². The molecule has 1 unspecified atom stereocenters. The lowest BCUT2D eigenvalue weighted by Gasteiger charge is -2.30. The summed E-state index contributed by atoms with van der Waals surface area (Å²) in [6.45, 7) is 4.32. The molecule has 0 spiro atoms. The summed E-state index contributed by atoms with van der Waals surface area (Å²) in [4.78, 5) is 37.2. The van der Waals surface area contributed by atoms with Crippen LogP contribution in [0.2, 0.25) is 0 Å². The smallest absolute Gasteiger partial charge is 0.249 e. The molecule has 116 valence electrons. The molecule has 5 heteroatoms. The summed E-state index contributed by atoms with van der Waals surface area (Å²) in [5.74, 6) is -0.142. The number of amides is 3. The first-order chi connectivity index (χ1) is 10.5. The molecule has 22 heavy (non-hydrogen) atoms. The van der Waals surface area contributed by atoms with Crippen molar-refractivity contribution in [3.63, 3.8) is 0 Å². The first-order valence-electron chi connectivity index (χ1n) is 7.73. The predicted octanol–water partition coefficient (Wildman–Crippen LogP) is 1.58. The number of benzene rings is 1. The van der Waals surface area contributed by atoms with Crippen LogP contribution in [0, 0.1) is 5.92 Å². The average Bonchev–Trinajstić information content (AvgIpc) is 2.73. The van der Waals surface area contributed by atoms with Gasteiger partial charge in [-0.1, -0.05) is 26.0 Å². The Morgan fingerprint density at radius 1 is 1.27 bits per heavy atom. The SMILES string of the molecule is CC(C)Cc1ccc2c(c1)CC(=O)N2C1CCC(=O)NC1=O. The number of carbonyl (C=O) groups excluding carboxylic acids is 3. The highest BCUT2D eigenvalue weighted by molar-refractivity contribution is 6.10. The van der Waals surface area contributed by atoms with Crippen molar-refractivity contribution in [1.29, 1.82) is 0 Å². The van der Waals surface area contributed by atoms with Gasteiger partial charge in [0.1, 0.15) is 6.04 Å². The lowest BCUT2D eigenvalue weighted by Crippen LogP contribution is -2.53. The maximum Gasteiger partial charge on any atom is 0.249 e. The van der Waals surface area contributed by atoms with Crippen molar-refractivity contribution in [1.82, 2.24) is 5.32 Å². The van der Waals surface area contributed by atoms with E-state index in [9.17, 15) is 14.4 Å². The zero-order valence-corrected chi connectivity index (χ0v) is 12.9. The topological polar surface area (TPSA) is 66.5 Å². The number of nitrogens with zero attached hydrogens (tertiary/aromatic N) is 1. The summed E-state index contributed by atoms with van der Waals surface area (Å²) in [5, 5.41) is 2.32. The van der Waals surface area contributed by atoms with Crippen LogP contribution in [0.3, 0.4) is 0 Å². The molecule has 1 aromatic rings. The number of nitrogens with one attached hydrogen (secondary N) is 1. The van der Waals surface area contributed by atoms with Gasteiger partial charge in [-0.15, -0.1) is 0 Å². The second kappa shape index (κ2) is 5.55. The molecule has 0 aliphatic carbocycles. The van der Waals surface area contributed by atoms with Crippen molar-refractivity contribution in [2.24, 2.45) is 5.92 Å². The number of hydrogen-bond acceptors (Lipinski definition) is 3. The van der Waals surface area contributed by atoms with Crippen molar-refractivity contribution >= 4 is 23.4 Å². The van der Waals surface area contributed by atoms with Crippen molar-refractivity contribution < 1.29 is 14.4 Å². The van der Waals surface area contributed by atoms with E-state index in [0.717, 1.165) is 17.7 Å². The molecule has 0 radical (unpaired) electrons. The van der Waals surface area contributed by atoms with Gasteiger partial charge < -0.3 is 0 Å². The Balaban J connectivity index is 1.88. The van der Waals surface area contributed by atoms with E-state index in [1.807, 2.05) is 12.1 Å². The zero-order chi connectivity index (χ0) is 15.9. The van der Waals surface area contributed by atoms with E-state index in [0.29, 0.717) is 18.8 Å². The standard InChI is InChI=1S/C17H20N2O3/c1-10(2)7-11-3-4-13-12(8-11)9-16(21)19(13)14-5-6-15(20)18-17(14)22/h3-4,8,10,14H,5-7,9H2,1-2H3,(H,18,20,22). The van der Waals surface area contributed by atoms with Gasteiger partial charge in [-0.25, -0.2) is 0 Å². The van der Waals surface area contributed by atoms with Crippen LogP contribution in [0.5, 0.6) is 0 Å². The monoisotopic (exact) mass is 300 g/mol. The van der Waals surface area contributed by atoms with Gasteiger partial charge in [-0.05, 0) is 36.0 Å². The zero-order valence-electron chi connectivity index (χ0n) is 12.9. The Hall–Kier alpha value is -2.17. The molecule has 0 bridgehead atoms. The first kappa shape index (κ1) is 14.8. The molecule has 0 saturated carbocycles. The highest BCUT2D eigenvalue weighted by Crippen LogP contribution is 2.33. The maximum atomic E-state index is 12.4. The van der Waals surface area contributed by atoms with Crippen molar-refractivity contribution in [3.05, 3.63) is 29.3 Å². The third-order valence-corrected chi connectivity index (χ3v) is 4.18. The van der Waals surface area contributed by atoms with Gasteiger partial charge in [0.2, 0.25) is 17.7 Å². The molecular weight excluding hydrogens is 280 g/mol. The lowest BCUT2D eigenvalue weighted by molar-refractivity contribution is -0.135. The number of carbonyl (C=O) groups is 3. The molecule has 3 rings (SSSR count). The summed E-state index contributed by atoms with van der Waals surface area (Å²) in [6, 6.07) is 5.46. The van der Waals surface area contributed by atoms with E-state index >= 15 is 0 Å². The van der Waals surface area contributed by atoms with E-state index in [2.05, 4.69) is 25.2 Å². The molecule has 2 heterocycles. The predicted molar refractivity (Wildman–Crippen MR) is 82.3 cm³/mol. The third kappa shape index (κ3) is 2.63. The van der Waals surface area contributed by atoms with Crippen LogP contribution >= 0.6 is 0 Å². The van der Waals surface area contributed by atoms with Crippen LogP contribution in [0.25, 0.3) is 0 Å². The van der Waals surface area contributed by atoms with E-state index in [1.165, 1.54) is 5.56 Å². The van der Waals surface area contributed by atoms with Gasteiger partial charge in [0.15, 0.2) is 0 Å². The molecule has 3 amide bonds. The van der Waals surface area contributed by atoms with Crippen LogP contribution in [0.15, 0.2) is 18.2 Å². The molecule has 2 aliphatic heterocycles. The summed E-state index contributed by atoms with van der Waals surface area (Å²) >= 11 is 0. The molecule has 5 nitrogen and oxygen atoms in total. The van der Waals surface area contributed by atoms with E-state index in [1.54, 1.807) is 4.90 Å². The van der Waals surface area contributed by atoms with Crippen molar-refractivity contribution in [2.45, 2.75) is 45.6 Å². The average molecular weight is 300 g/mol. The maximum absolute atomic E-state index is 12.4. The number of rotatable bonds is 3. The minimum absolute atomic E-state index is 0.0637. The molecule has 1 saturated heterocycles. The number of hydrogen-bond donors (Lipinski definition) is 1. The Morgan fingerprint density at radius 2 is 2.05 bits per heavy atom. The normalized spacial score (nSPS) is 21.3. The summed E-state index contributed by atoms with van der Waals surface area (Å²) in [5.41, 5.74) is 3.01. The molecule has 1 fully saturated rings. The molecule has 1 N–H and O–H groups in total. The highest BCUT2D eigenvalue weighted by atomic mass is 16.2. The van der Waals surface area contributed by atoms with Crippen LogP contribution in [-0.4, -0.2) is 23.8 Å². The number of fused-ring (bicyclic) bond motifs is 1. The van der Waals surface area contributed by atoms with Crippen LogP contribution in [0.4, 0.5) is 5.69 Å². The number of piperidine rings is 1. The van der Waals surface area contributed by atoms with Crippen molar-refractivity contribution in [2.75, 3.05) is 4.90 Å². The molecule has 1 aromatic carbocycles. The van der Waals surface area contributed by atoms with Gasteiger partial charge in [-0.2, -0.15) is 0 Å². The highest BCUT2D eigenvalue weighted by Gasteiger charge is 2.39. The second-order valence-corrected chi connectivity index (χ2v) is 6.47. The summed E-state index contributed by atoms with van der Waals surface area (Å²) < 4.78 is 0. The number of anilines is 1. The number of imide groups is 1. The van der Waals surface area contributed by atoms with Gasteiger partial charge in [0, 0.05) is 12.1 Å². The van der Waals surface area contributed by atoms with Gasteiger partial charge in [0.05, 0.1) is 6.42 Å². The molecular formula is C17H20N2O3. The van der Waals surface area contributed by atoms with E-state index in [-0.39, 0.29) is 24.1 Å². The fourth-order valence-electron chi connectivity index (χ4n) is 3.27.